The number of unbranched alkanes of at least 4 members (excludes halogenated alkanes) is 1. The molecular weight excluding hydrogens is 307 g/mol. The van der Waals surface area contributed by atoms with E-state index in [0.717, 1.165) is 25.9 Å². The van der Waals surface area contributed by atoms with Crippen molar-refractivity contribution in [2.45, 2.75) is 39.0 Å². The summed E-state index contributed by atoms with van der Waals surface area (Å²) < 4.78 is 18.3. The molecule has 24 heavy (non-hydrogen) atoms. The van der Waals surface area contributed by atoms with Crippen LogP contribution in [0.15, 0.2) is 24.3 Å². The number of benzene rings is 1. The van der Waals surface area contributed by atoms with Gasteiger partial charge in [-0.3, -0.25) is 4.79 Å². The van der Waals surface area contributed by atoms with Crippen molar-refractivity contribution in [2.75, 3.05) is 26.2 Å². The summed E-state index contributed by atoms with van der Waals surface area (Å²) >= 11 is 0. The van der Waals surface area contributed by atoms with Crippen molar-refractivity contribution in [2.24, 2.45) is 11.8 Å². The molecule has 1 aliphatic rings. The molecule has 1 aromatic carbocycles. The monoisotopic (exact) mass is 336 g/mol. The van der Waals surface area contributed by atoms with Gasteiger partial charge >= 0.3 is 0 Å². The lowest BCUT2D eigenvalue weighted by Crippen LogP contribution is -2.35. The van der Waals surface area contributed by atoms with E-state index in [1.165, 1.54) is 25.0 Å². The van der Waals surface area contributed by atoms with E-state index in [9.17, 15) is 9.18 Å². The molecule has 0 spiro atoms. The van der Waals surface area contributed by atoms with E-state index in [4.69, 9.17) is 4.74 Å². The summed E-state index contributed by atoms with van der Waals surface area (Å²) in [6.45, 7) is 5.57. The molecular formula is C19H29FN2O2. The second-order valence-electron chi connectivity index (χ2n) is 6.65. The molecule has 5 heteroatoms. The molecule has 2 N–H and O–H groups in total. The van der Waals surface area contributed by atoms with Gasteiger partial charge in [-0.1, -0.05) is 6.92 Å². The topological polar surface area (TPSA) is 50.4 Å². The van der Waals surface area contributed by atoms with Gasteiger partial charge in [0.15, 0.2) is 0 Å². The van der Waals surface area contributed by atoms with Crippen LogP contribution >= 0.6 is 0 Å². The molecule has 2 rings (SSSR count). The van der Waals surface area contributed by atoms with Crippen molar-refractivity contribution >= 4 is 5.91 Å². The minimum Gasteiger partial charge on any atom is -0.494 e. The highest BCUT2D eigenvalue weighted by Crippen LogP contribution is 2.22. The summed E-state index contributed by atoms with van der Waals surface area (Å²) in [5, 5.41) is 6.40. The van der Waals surface area contributed by atoms with Crippen LogP contribution in [-0.4, -0.2) is 32.1 Å². The van der Waals surface area contributed by atoms with Crippen LogP contribution in [0, 0.1) is 17.7 Å². The SMILES string of the molecule is CC(CC(=O)NCCCCOc1ccc(F)cc1)C1CCCNC1. The van der Waals surface area contributed by atoms with Crippen molar-refractivity contribution in [3.63, 3.8) is 0 Å². The molecule has 1 aromatic rings. The Labute approximate surface area is 144 Å². The van der Waals surface area contributed by atoms with E-state index in [1.807, 2.05) is 0 Å². The van der Waals surface area contributed by atoms with Crippen molar-refractivity contribution in [1.29, 1.82) is 0 Å². The Kier molecular flexibility index (Phi) is 8.02. The molecule has 2 atom stereocenters. The van der Waals surface area contributed by atoms with Crippen molar-refractivity contribution < 1.29 is 13.9 Å². The molecule has 0 saturated carbocycles. The highest BCUT2D eigenvalue weighted by Gasteiger charge is 2.21. The number of halogens is 1. The van der Waals surface area contributed by atoms with Crippen LogP contribution in [0.3, 0.4) is 0 Å². The quantitative estimate of drug-likeness (QED) is 0.681. The lowest BCUT2D eigenvalue weighted by Gasteiger charge is -2.28. The van der Waals surface area contributed by atoms with Crippen LogP contribution in [0.4, 0.5) is 4.39 Å². The number of carbonyl (C=O) groups is 1. The summed E-state index contributed by atoms with van der Waals surface area (Å²) in [4.78, 5) is 12.0. The number of rotatable bonds is 9. The summed E-state index contributed by atoms with van der Waals surface area (Å²) in [5.41, 5.74) is 0. The molecule has 1 heterocycles. The minimum absolute atomic E-state index is 0.146. The molecule has 1 amide bonds. The molecule has 0 radical (unpaired) electrons. The van der Waals surface area contributed by atoms with Gasteiger partial charge in [-0.2, -0.15) is 0 Å². The Morgan fingerprint density at radius 1 is 1.38 bits per heavy atom. The average molecular weight is 336 g/mol. The maximum Gasteiger partial charge on any atom is 0.220 e. The van der Waals surface area contributed by atoms with Crippen LogP contribution in [0.1, 0.15) is 39.0 Å². The lowest BCUT2D eigenvalue weighted by molar-refractivity contribution is -0.122. The van der Waals surface area contributed by atoms with Crippen molar-refractivity contribution in [3.05, 3.63) is 30.1 Å². The number of carbonyl (C=O) groups excluding carboxylic acids is 1. The zero-order valence-electron chi connectivity index (χ0n) is 14.5. The van der Waals surface area contributed by atoms with Gasteiger partial charge in [-0.05, 0) is 74.9 Å². The van der Waals surface area contributed by atoms with E-state index < -0.39 is 0 Å². The van der Waals surface area contributed by atoms with Gasteiger partial charge < -0.3 is 15.4 Å². The summed E-state index contributed by atoms with van der Waals surface area (Å²) in [5.74, 6) is 1.61. The highest BCUT2D eigenvalue weighted by molar-refractivity contribution is 5.76. The zero-order valence-corrected chi connectivity index (χ0v) is 14.5. The van der Waals surface area contributed by atoms with E-state index in [2.05, 4.69) is 17.6 Å². The number of piperidine rings is 1. The third kappa shape index (κ3) is 6.87. The molecule has 0 aromatic heterocycles. The maximum atomic E-state index is 12.8. The molecule has 1 fully saturated rings. The van der Waals surface area contributed by atoms with Gasteiger partial charge in [0.1, 0.15) is 11.6 Å². The third-order valence-corrected chi connectivity index (χ3v) is 4.62. The smallest absolute Gasteiger partial charge is 0.220 e. The zero-order chi connectivity index (χ0) is 17.2. The fourth-order valence-corrected chi connectivity index (χ4v) is 3.07. The van der Waals surface area contributed by atoms with E-state index in [0.29, 0.717) is 37.2 Å². The van der Waals surface area contributed by atoms with Gasteiger partial charge in [0, 0.05) is 13.0 Å². The van der Waals surface area contributed by atoms with Gasteiger partial charge in [-0.25, -0.2) is 4.39 Å². The molecule has 4 nitrogen and oxygen atoms in total. The summed E-state index contributed by atoms with van der Waals surface area (Å²) in [7, 11) is 0. The molecule has 0 aliphatic carbocycles. The standard InChI is InChI=1S/C19H29FN2O2/c1-15(16-5-4-10-21-14-16)13-19(23)22-11-2-3-12-24-18-8-6-17(20)7-9-18/h6-9,15-16,21H,2-5,10-14H2,1H3,(H,22,23). The Morgan fingerprint density at radius 2 is 2.17 bits per heavy atom. The van der Waals surface area contributed by atoms with E-state index >= 15 is 0 Å². The third-order valence-electron chi connectivity index (χ3n) is 4.62. The minimum atomic E-state index is -0.261. The Hall–Kier alpha value is -1.62. The highest BCUT2D eigenvalue weighted by atomic mass is 19.1. The molecule has 1 saturated heterocycles. The molecule has 0 bridgehead atoms. The Balaban J connectivity index is 1.50. The number of amides is 1. The average Bonchev–Trinajstić information content (AvgIpc) is 2.60. The Bertz CT molecular complexity index is 487. The predicted molar refractivity (Wildman–Crippen MR) is 93.5 cm³/mol. The fraction of sp³-hybridized carbons (Fsp3) is 0.632. The normalized spacial score (nSPS) is 18.8. The van der Waals surface area contributed by atoms with Crippen LogP contribution in [-0.2, 0) is 4.79 Å². The number of nitrogens with one attached hydrogen (secondary N) is 2. The first-order chi connectivity index (χ1) is 11.6. The van der Waals surface area contributed by atoms with E-state index in [-0.39, 0.29) is 11.7 Å². The number of ether oxygens (including phenoxy) is 1. The summed E-state index contributed by atoms with van der Waals surface area (Å²) in [6, 6.07) is 6.02. The Morgan fingerprint density at radius 3 is 2.88 bits per heavy atom. The first kappa shape index (κ1) is 18.7. The maximum absolute atomic E-state index is 12.8. The predicted octanol–water partition coefficient (Wildman–Crippen LogP) is 3.13. The molecule has 1 aliphatic heterocycles. The fourth-order valence-electron chi connectivity index (χ4n) is 3.07. The first-order valence-corrected chi connectivity index (χ1v) is 9.01. The van der Waals surface area contributed by atoms with Crippen LogP contribution in [0.2, 0.25) is 0 Å². The van der Waals surface area contributed by atoms with Gasteiger partial charge in [-0.15, -0.1) is 0 Å². The van der Waals surface area contributed by atoms with Crippen LogP contribution in [0.25, 0.3) is 0 Å². The van der Waals surface area contributed by atoms with Crippen molar-refractivity contribution in [1.82, 2.24) is 10.6 Å². The number of hydrogen-bond acceptors (Lipinski definition) is 3. The second-order valence-corrected chi connectivity index (χ2v) is 6.65. The second kappa shape index (κ2) is 10.3. The van der Waals surface area contributed by atoms with Crippen molar-refractivity contribution in [3.8, 4) is 5.75 Å². The van der Waals surface area contributed by atoms with Gasteiger partial charge in [0.05, 0.1) is 6.61 Å². The summed E-state index contributed by atoms with van der Waals surface area (Å²) in [6.07, 6.45) is 4.79. The molecule has 134 valence electrons. The van der Waals surface area contributed by atoms with E-state index in [1.54, 1.807) is 12.1 Å². The number of hydrogen-bond donors (Lipinski definition) is 2. The lowest BCUT2D eigenvalue weighted by atomic mass is 9.85. The largest absolute Gasteiger partial charge is 0.494 e. The van der Waals surface area contributed by atoms with Crippen LogP contribution < -0.4 is 15.4 Å². The van der Waals surface area contributed by atoms with Gasteiger partial charge in [0.25, 0.3) is 0 Å². The van der Waals surface area contributed by atoms with Gasteiger partial charge in [0.2, 0.25) is 5.91 Å². The first-order valence-electron chi connectivity index (χ1n) is 9.01. The molecule has 2 unspecified atom stereocenters. The van der Waals surface area contributed by atoms with Crippen LogP contribution in [0.5, 0.6) is 5.75 Å².